The van der Waals surface area contributed by atoms with Gasteiger partial charge in [0.2, 0.25) is 0 Å². The number of aromatic hydroxyl groups is 6. The molecule has 0 saturated carbocycles. The van der Waals surface area contributed by atoms with E-state index in [0.29, 0.717) is 41.2 Å². The maximum Gasteiger partial charge on any atom is 0.152 e. The zero-order valence-electron chi connectivity index (χ0n) is 41.9. The predicted molar refractivity (Wildman–Crippen MR) is 315 cm³/mol. The second-order valence-corrected chi connectivity index (χ2v) is 24.7. The molecule has 0 heterocycles. The lowest BCUT2D eigenvalue weighted by Crippen LogP contribution is -2.19. The van der Waals surface area contributed by atoms with Crippen LogP contribution < -0.4 is 0 Å². The van der Waals surface area contributed by atoms with Gasteiger partial charge in [-0.25, -0.2) is 0 Å². The van der Waals surface area contributed by atoms with Gasteiger partial charge in [-0.15, -0.1) is 0 Å². The van der Waals surface area contributed by atoms with Gasteiger partial charge < -0.3 is 30.6 Å². The van der Waals surface area contributed by atoms with E-state index in [-0.39, 0.29) is 48.5 Å². The van der Waals surface area contributed by atoms with Gasteiger partial charge in [-0.2, -0.15) is 0 Å². The number of hydrogen-bond donors (Lipinski definition) is 6. The van der Waals surface area contributed by atoms with Crippen molar-refractivity contribution in [3.8, 4) is 56.8 Å². The smallest absolute Gasteiger partial charge is 0.152 e. The average Bonchev–Trinajstić information content (AvgIpc) is 3.30. The van der Waals surface area contributed by atoms with E-state index < -0.39 is 5.41 Å². The van der Waals surface area contributed by atoms with Gasteiger partial charge in [-0.1, -0.05) is 114 Å². The first-order chi connectivity index (χ1) is 33.3. The molecule has 0 aliphatic carbocycles. The molecule has 6 N–H and O–H groups in total. The molecule has 0 radical (unpaired) electrons. The fourth-order valence-electron chi connectivity index (χ4n) is 8.46. The summed E-state index contributed by atoms with van der Waals surface area (Å²) in [6.07, 6.45) is 0. The quantitative estimate of drug-likeness (QED) is 0.0902. The molecule has 7 aromatic rings. The van der Waals surface area contributed by atoms with Crippen molar-refractivity contribution in [1.82, 2.24) is 0 Å². The average molecular weight is 1310 g/mol. The molecule has 0 aliphatic heterocycles. The van der Waals surface area contributed by atoms with Gasteiger partial charge in [-0.05, 0) is 254 Å². The number of phenolic OH excluding ortho intramolecular Hbond substituents is 6. The lowest BCUT2D eigenvalue weighted by molar-refractivity contribution is 0.466. The number of benzene rings is 7. The third-order valence-electron chi connectivity index (χ3n) is 13.0. The second kappa shape index (κ2) is 23.5. The largest absolute Gasteiger partial charge is 0.507 e. The molecular formula is C58H58Br4Cl4O6. The Morgan fingerprint density at radius 1 is 0.361 bits per heavy atom. The van der Waals surface area contributed by atoms with Crippen molar-refractivity contribution < 1.29 is 30.6 Å². The molecule has 0 fully saturated rings. The molecule has 0 amide bonds. The van der Waals surface area contributed by atoms with Crippen molar-refractivity contribution in [3.05, 3.63) is 179 Å². The number of aryl methyl sites for hydroxylation is 4. The Morgan fingerprint density at radius 3 is 0.806 bits per heavy atom. The van der Waals surface area contributed by atoms with Crippen LogP contribution in [0.15, 0.2) is 103 Å². The molecule has 0 aliphatic rings. The maximum absolute atomic E-state index is 10.4. The molecule has 0 atom stereocenters. The molecule has 0 bridgehead atoms. The Morgan fingerprint density at radius 2 is 0.583 bits per heavy atom. The molecule has 0 unspecified atom stereocenters. The van der Waals surface area contributed by atoms with Crippen LogP contribution in [0.1, 0.15) is 123 Å². The van der Waals surface area contributed by atoms with Gasteiger partial charge >= 0.3 is 0 Å². The van der Waals surface area contributed by atoms with E-state index >= 15 is 0 Å². The second-order valence-electron chi connectivity index (χ2n) is 19.6. The number of phenols is 6. The van der Waals surface area contributed by atoms with Crippen molar-refractivity contribution in [2.24, 2.45) is 0 Å². The monoisotopic (exact) mass is 1310 g/mol. The minimum absolute atomic E-state index is 0.153. The highest BCUT2D eigenvalue weighted by atomic mass is 79.9. The van der Waals surface area contributed by atoms with Crippen LogP contribution in [0.2, 0.25) is 20.1 Å². The summed E-state index contributed by atoms with van der Waals surface area (Å²) in [5.74, 6) is 1.50. The lowest BCUT2D eigenvalue weighted by atomic mass is 9.78. The summed E-state index contributed by atoms with van der Waals surface area (Å²) in [4.78, 5) is 0. The first-order valence-corrected chi connectivity index (χ1v) is 27.5. The summed E-state index contributed by atoms with van der Waals surface area (Å²) in [5, 5.41) is 60.4. The van der Waals surface area contributed by atoms with Gasteiger partial charge in [0.25, 0.3) is 0 Å². The number of rotatable bonds is 8. The predicted octanol–water partition coefficient (Wildman–Crippen LogP) is 20.4. The Kier molecular flexibility index (Phi) is 19.4. The zero-order chi connectivity index (χ0) is 54.2. The topological polar surface area (TPSA) is 121 Å². The molecule has 0 aromatic heterocycles. The highest BCUT2D eigenvalue weighted by Gasteiger charge is 2.29. The maximum atomic E-state index is 10.4. The van der Waals surface area contributed by atoms with E-state index in [4.69, 9.17) is 46.4 Å². The molecule has 0 saturated heterocycles. The van der Waals surface area contributed by atoms with Gasteiger partial charge in [0.15, 0.2) is 11.5 Å². The summed E-state index contributed by atoms with van der Waals surface area (Å²) in [7, 11) is 0. The number of halogens is 8. The Hall–Kier alpha value is -3.58. The van der Waals surface area contributed by atoms with Crippen LogP contribution >= 0.6 is 110 Å². The van der Waals surface area contributed by atoms with Gasteiger partial charge in [0.1, 0.15) is 23.0 Å². The first-order valence-electron chi connectivity index (χ1n) is 22.8. The van der Waals surface area contributed by atoms with E-state index in [1.807, 2.05) is 65.8 Å². The summed E-state index contributed by atoms with van der Waals surface area (Å²) in [5.41, 5.74) is 13.7. The van der Waals surface area contributed by atoms with Crippen molar-refractivity contribution in [1.29, 1.82) is 0 Å². The van der Waals surface area contributed by atoms with Crippen molar-refractivity contribution in [3.63, 3.8) is 0 Å². The summed E-state index contributed by atoms with van der Waals surface area (Å²) in [6.45, 7) is 24.8. The van der Waals surface area contributed by atoms with Crippen molar-refractivity contribution in [2.45, 2.75) is 106 Å². The minimum Gasteiger partial charge on any atom is -0.507 e. The molecule has 0 spiro atoms. The van der Waals surface area contributed by atoms with E-state index in [2.05, 4.69) is 142 Å². The third-order valence-corrected chi connectivity index (χ3v) is 16.6. The Balaban J connectivity index is 0.000000206. The Labute approximate surface area is 477 Å². The number of hydrogen-bond acceptors (Lipinski definition) is 6. The molecule has 72 heavy (non-hydrogen) atoms. The third kappa shape index (κ3) is 12.7. The molecule has 14 heteroatoms. The highest BCUT2D eigenvalue weighted by Crippen LogP contribution is 2.48. The van der Waals surface area contributed by atoms with Crippen LogP contribution in [0.5, 0.6) is 34.5 Å². The minimum atomic E-state index is -0.526. The zero-order valence-corrected chi connectivity index (χ0v) is 51.3. The summed E-state index contributed by atoms with van der Waals surface area (Å²) in [6, 6.07) is 27.0. The Bertz CT molecular complexity index is 2730. The summed E-state index contributed by atoms with van der Waals surface area (Å²) >= 11 is 37.4. The van der Waals surface area contributed by atoms with Gasteiger partial charge in [-0.3, -0.25) is 0 Å². The summed E-state index contributed by atoms with van der Waals surface area (Å²) < 4.78 is 2.54. The fourth-order valence-corrected chi connectivity index (χ4v) is 11.8. The standard InChI is InChI=1S/C28H34O2.C15H12Br4O2.C15H12Cl4O2/c1-15(2)23-9-10-24(16(3)4)26(22-13-19(7)28(30)20(8)14-22)25(23)21-11-17(5)27(29)18(6)12-21;2*1-15(2,7-3-9(16)13(20)10(17)4-7)8-5-11(18)14(21)12(19)6-8/h9-16,29-30H,1-8H3;2*3-6,20-21H,1-2H3. The van der Waals surface area contributed by atoms with Crippen molar-refractivity contribution >= 4 is 110 Å². The van der Waals surface area contributed by atoms with Crippen LogP contribution in [-0.2, 0) is 10.8 Å². The van der Waals surface area contributed by atoms with Crippen LogP contribution in [-0.4, -0.2) is 30.6 Å². The highest BCUT2D eigenvalue weighted by molar-refractivity contribution is 9.11. The SMILES string of the molecule is CC(C)(c1cc(Br)c(O)c(Br)c1)c1cc(Br)c(O)c(Br)c1.CC(C)(c1cc(Cl)c(O)c(Cl)c1)c1cc(Cl)c(O)c(Cl)c1.Cc1cc(-c2c(C(C)C)ccc(C(C)C)c2-c2cc(C)c(O)c(C)c2)cc(C)c1O. The van der Waals surface area contributed by atoms with Crippen LogP contribution in [0.3, 0.4) is 0 Å². The molecule has 7 aromatic carbocycles. The molecule has 7 rings (SSSR count). The van der Waals surface area contributed by atoms with E-state index in [1.165, 1.54) is 22.3 Å². The molecular weight excluding hydrogens is 1250 g/mol. The van der Waals surface area contributed by atoms with Crippen molar-refractivity contribution in [2.75, 3.05) is 0 Å². The van der Waals surface area contributed by atoms with E-state index in [9.17, 15) is 30.6 Å². The van der Waals surface area contributed by atoms with E-state index in [0.717, 1.165) is 55.6 Å². The fraction of sp³-hybridized carbons (Fsp3) is 0.276. The van der Waals surface area contributed by atoms with Crippen LogP contribution in [0.4, 0.5) is 0 Å². The van der Waals surface area contributed by atoms with Gasteiger partial charge in [0.05, 0.1) is 38.0 Å². The van der Waals surface area contributed by atoms with Crippen LogP contribution in [0.25, 0.3) is 22.3 Å². The molecule has 6 nitrogen and oxygen atoms in total. The normalized spacial score (nSPS) is 11.6. The van der Waals surface area contributed by atoms with E-state index in [1.54, 1.807) is 24.3 Å². The molecule has 382 valence electrons. The lowest BCUT2D eigenvalue weighted by Gasteiger charge is -2.27. The van der Waals surface area contributed by atoms with Crippen LogP contribution in [0, 0.1) is 27.7 Å². The van der Waals surface area contributed by atoms with Gasteiger partial charge in [0, 0.05) is 10.8 Å². The first kappa shape index (κ1) is 59.3.